The zero-order valence-corrected chi connectivity index (χ0v) is 11.2. The van der Waals surface area contributed by atoms with E-state index in [2.05, 4.69) is 11.7 Å². The highest BCUT2D eigenvalue weighted by Crippen LogP contribution is 2.34. The quantitative estimate of drug-likeness (QED) is 0.853. The lowest BCUT2D eigenvalue weighted by molar-refractivity contribution is -0.0523. The lowest BCUT2D eigenvalue weighted by Crippen LogP contribution is -2.24. The number of ether oxygens (including phenoxy) is 2. The van der Waals surface area contributed by atoms with Crippen LogP contribution >= 0.6 is 0 Å². The van der Waals surface area contributed by atoms with Crippen molar-refractivity contribution in [1.82, 2.24) is 0 Å². The average molecular weight is 289 g/mol. The van der Waals surface area contributed by atoms with Crippen LogP contribution in [0.25, 0.3) is 0 Å². The fraction of sp³-hybridized carbons (Fsp3) is 0.571. The van der Waals surface area contributed by atoms with Crippen LogP contribution in [-0.2, 0) is 0 Å². The molecule has 1 aromatic carbocycles. The topological polar surface area (TPSA) is 44.5 Å². The molecule has 6 heteroatoms. The summed E-state index contributed by atoms with van der Waals surface area (Å²) >= 11 is 0. The summed E-state index contributed by atoms with van der Waals surface area (Å²) < 4.78 is 47.6. The highest BCUT2D eigenvalue weighted by molar-refractivity contribution is 5.56. The maximum Gasteiger partial charge on any atom is 0.387 e. The summed E-state index contributed by atoms with van der Waals surface area (Å²) in [4.78, 5) is 0. The molecule has 2 unspecified atom stereocenters. The zero-order valence-electron chi connectivity index (χ0n) is 11.2. The molecule has 0 aliphatic heterocycles. The Morgan fingerprint density at radius 3 is 2.65 bits per heavy atom. The Kier molecular flexibility index (Phi) is 4.62. The van der Waals surface area contributed by atoms with E-state index in [-0.39, 0.29) is 17.5 Å². The molecular formula is C14H18F3NO2. The number of nitrogens with two attached hydrogens (primary N) is 1. The summed E-state index contributed by atoms with van der Waals surface area (Å²) in [7, 11) is 0. The van der Waals surface area contributed by atoms with Crippen molar-refractivity contribution < 1.29 is 22.6 Å². The molecule has 20 heavy (non-hydrogen) atoms. The minimum Gasteiger partial charge on any atom is -0.488 e. The molecule has 2 N–H and O–H groups in total. The maximum atomic E-state index is 13.4. The van der Waals surface area contributed by atoms with Crippen LogP contribution in [0.2, 0.25) is 0 Å². The third kappa shape index (κ3) is 3.71. The Labute approximate surface area is 115 Å². The van der Waals surface area contributed by atoms with E-state index in [9.17, 15) is 13.2 Å². The van der Waals surface area contributed by atoms with Gasteiger partial charge in [-0.2, -0.15) is 8.78 Å². The van der Waals surface area contributed by atoms with Crippen molar-refractivity contribution in [2.45, 2.75) is 45.3 Å². The van der Waals surface area contributed by atoms with E-state index in [0.29, 0.717) is 5.92 Å². The van der Waals surface area contributed by atoms with Gasteiger partial charge in [-0.25, -0.2) is 4.39 Å². The molecule has 0 saturated heterocycles. The minimum absolute atomic E-state index is 0.0223. The number of alkyl halides is 2. The normalized spacial score (nSPS) is 22.9. The molecule has 0 amide bonds. The Balaban J connectivity index is 2.13. The molecule has 112 valence electrons. The molecule has 2 rings (SSSR count). The van der Waals surface area contributed by atoms with Gasteiger partial charge >= 0.3 is 6.61 Å². The largest absolute Gasteiger partial charge is 0.488 e. The number of hydrogen-bond donors (Lipinski definition) is 1. The highest BCUT2D eigenvalue weighted by atomic mass is 19.3. The van der Waals surface area contributed by atoms with Crippen molar-refractivity contribution in [2.24, 2.45) is 5.92 Å². The molecule has 1 fully saturated rings. The van der Waals surface area contributed by atoms with Crippen molar-refractivity contribution in [1.29, 1.82) is 0 Å². The molecule has 0 bridgehead atoms. The van der Waals surface area contributed by atoms with Gasteiger partial charge in [0.05, 0.1) is 11.8 Å². The number of benzene rings is 1. The van der Waals surface area contributed by atoms with Crippen LogP contribution in [0.4, 0.5) is 18.9 Å². The van der Waals surface area contributed by atoms with E-state index in [4.69, 9.17) is 10.5 Å². The van der Waals surface area contributed by atoms with Crippen LogP contribution in [0, 0.1) is 11.7 Å². The SMILES string of the molecule is CC1CCCC(Oc2cc(OC(F)F)c(F)cc2N)C1. The van der Waals surface area contributed by atoms with E-state index in [0.717, 1.165) is 37.8 Å². The first kappa shape index (κ1) is 14.8. The summed E-state index contributed by atoms with van der Waals surface area (Å²) in [6.45, 7) is -0.954. The minimum atomic E-state index is -3.09. The molecule has 0 spiro atoms. The summed E-state index contributed by atoms with van der Waals surface area (Å²) in [6, 6.07) is 2.04. The number of rotatable bonds is 4. The van der Waals surface area contributed by atoms with Gasteiger partial charge in [0.1, 0.15) is 5.75 Å². The van der Waals surface area contributed by atoms with Crippen molar-refractivity contribution in [2.75, 3.05) is 5.73 Å². The highest BCUT2D eigenvalue weighted by Gasteiger charge is 2.22. The van der Waals surface area contributed by atoms with Gasteiger partial charge < -0.3 is 15.2 Å². The third-order valence-corrected chi connectivity index (χ3v) is 3.46. The van der Waals surface area contributed by atoms with Gasteiger partial charge in [-0.3, -0.25) is 0 Å². The lowest BCUT2D eigenvalue weighted by atomic mass is 9.89. The molecule has 1 aliphatic carbocycles. The molecule has 3 nitrogen and oxygen atoms in total. The molecule has 1 aromatic rings. The van der Waals surface area contributed by atoms with Crippen LogP contribution in [0.5, 0.6) is 11.5 Å². The molecule has 0 heterocycles. The number of nitrogen functional groups attached to an aromatic ring is 1. The fourth-order valence-corrected chi connectivity index (χ4v) is 2.50. The monoisotopic (exact) mass is 289 g/mol. The van der Waals surface area contributed by atoms with Crippen molar-refractivity contribution in [3.8, 4) is 11.5 Å². The average Bonchev–Trinajstić information content (AvgIpc) is 2.34. The smallest absolute Gasteiger partial charge is 0.387 e. The van der Waals surface area contributed by atoms with Gasteiger partial charge in [-0.1, -0.05) is 13.3 Å². The Morgan fingerprint density at radius 1 is 1.25 bits per heavy atom. The summed E-state index contributed by atoms with van der Waals surface area (Å²) in [5, 5.41) is 0. The van der Waals surface area contributed by atoms with Gasteiger partial charge in [-0.15, -0.1) is 0 Å². The van der Waals surface area contributed by atoms with Crippen LogP contribution in [0.15, 0.2) is 12.1 Å². The number of anilines is 1. The van der Waals surface area contributed by atoms with Gasteiger partial charge in [-0.05, 0) is 25.2 Å². The standard InChI is InChI=1S/C14H18F3NO2/c1-8-3-2-4-9(5-8)19-13-7-12(20-14(16)17)10(15)6-11(13)18/h6-9,14H,2-5,18H2,1H3. The molecule has 0 aromatic heterocycles. The second-order valence-corrected chi connectivity index (χ2v) is 5.21. The maximum absolute atomic E-state index is 13.4. The number of halogens is 3. The van der Waals surface area contributed by atoms with Crippen molar-refractivity contribution >= 4 is 5.69 Å². The van der Waals surface area contributed by atoms with Crippen LogP contribution in [0.3, 0.4) is 0 Å². The zero-order chi connectivity index (χ0) is 14.7. The summed E-state index contributed by atoms with van der Waals surface area (Å²) in [5.74, 6) is -0.728. The fourth-order valence-electron chi connectivity index (χ4n) is 2.50. The first-order valence-corrected chi connectivity index (χ1v) is 6.66. The van der Waals surface area contributed by atoms with Crippen LogP contribution in [0.1, 0.15) is 32.6 Å². The molecule has 1 aliphatic rings. The predicted octanol–water partition coefficient (Wildman–Crippen LogP) is 3.97. The second kappa shape index (κ2) is 6.24. The molecule has 0 radical (unpaired) electrons. The number of hydrogen-bond acceptors (Lipinski definition) is 3. The van der Waals surface area contributed by atoms with E-state index in [1.807, 2.05) is 0 Å². The van der Waals surface area contributed by atoms with E-state index < -0.39 is 18.2 Å². The Hall–Kier alpha value is -1.59. The van der Waals surface area contributed by atoms with Gasteiger partial charge in [0.15, 0.2) is 11.6 Å². The van der Waals surface area contributed by atoms with Gasteiger partial charge in [0.25, 0.3) is 0 Å². The van der Waals surface area contributed by atoms with Crippen molar-refractivity contribution in [3.63, 3.8) is 0 Å². The van der Waals surface area contributed by atoms with E-state index in [1.54, 1.807) is 0 Å². The first-order chi connectivity index (χ1) is 9.45. The first-order valence-electron chi connectivity index (χ1n) is 6.66. The molecule has 2 atom stereocenters. The Morgan fingerprint density at radius 2 is 2.00 bits per heavy atom. The van der Waals surface area contributed by atoms with E-state index >= 15 is 0 Å². The summed E-state index contributed by atoms with van der Waals surface area (Å²) in [6.07, 6.45) is 3.94. The van der Waals surface area contributed by atoms with Crippen molar-refractivity contribution in [3.05, 3.63) is 17.9 Å². The molecule has 1 saturated carbocycles. The van der Waals surface area contributed by atoms with Crippen LogP contribution < -0.4 is 15.2 Å². The predicted molar refractivity (Wildman–Crippen MR) is 69.5 cm³/mol. The lowest BCUT2D eigenvalue weighted by Gasteiger charge is -2.28. The Bertz CT molecular complexity index is 468. The third-order valence-electron chi connectivity index (χ3n) is 3.46. The van der Waals surface area contributed by atoms with Gasteiger partial charge in [0.2, 0.25) is 0 Å². The van der Waals surface area contributed by atoms with Crippen LogP contribution in [-0.4, -0.2) is 12.7 Å². The second-order valence-electron chi connectivity index (χ2n) is 5.21. The molecular weight excluding hydrogens is 271 g/mol. The summed E-state index contributed by atoms with van der Waals surface area (Å²) in [5.41, 5.74) is 5.75. The van der Waals surface area contributed by atoms with Gasteiger partial charge in [0, 0.05) is 12.1 Å². The van der Waals surface area contributed by atoms with E-state index in [1.165, 1.54) is 0 Å².